The Kier molecular flexibility index (Phi) is 4.19. The van der Waals surface area contributed by atoms with Crippen LogP contribution in [0, 0.1) is 0 Å². The van der Waals surface area contributed by atoms with Gasteiger partial charge >= 0.3 is 5.97 Å². The number of ether oxygens (including phenoxy) is 1. The molecule has 1 amide bonds. The Labute approximate surface area is 97.2 Å². The average molecular weight is 244 g/mol. The van der Waals surface area contributed by atoms with Gasteiger partial charge < -0.3 is 9.64 Å². The zero-order valence-corrected chi connectivity index (χ0v) is 9.56. The average Bonchev–Trinajstić information content (AvgIpc) is 2.27. The van der Waals surface area contributed by atoms with E-state index in [1.807, 2.05) is 0 Å². The first-order valence-corrected chi connectivity index (χ1v) is 4.72. The van der Waals surface area contributed by atoms with Crippen LogP contribution in [0.25, 0.3) is 0 Å². The van der Waals surface area contributed by atoms with Crippen molar-refractivity contribution in [3.8, 4) is 0 Å². The quantitative estimate of drug-likeness (QED) is 0.718. The number of aromatic nitrogens is 2. The molecule has 1 rings (SSSR count). The molecular formula is C9H10ClN3O3. The van der Waals surface area contributed by atoms with Gasteiger partial charge in [0, 0.05) is 7.05 Å². The minimum atomic E-state index is -0.508. The molecule has 0 radical (unpaired) electrons. The summed E-state index contributed by atoms with van der Waals surface area (Å²) in [5.41, 5.74) is 0.0823. The predicted octanol–water partition coefficient (Wildman–Crippen LogP) is 0.375. The molecule has 0 bridgehead atoms. The minimum absolute atomic E-state index is 0.0823. The standard InChI is InChI=1S/C9H10ClN3O3/c1-13(5-8(14)16-2)9(15)6-3-11-4-7(10)12-6/h3-4H,5H2,1-2H3. The molecule has 0 aromatic carbocycles. The van der Waals surface area contributed by atoms with Crippen LogP contribution in [0.1, 0.15) is 10.5 Å². The van der Waals surface area contributed by atoms with Crippen LogP contribution in [0.15, 0.2) is 12.4 Å². The number of nitrogens with zero attached hydrogens (tertiary/aromatic N) is 3. The monoisotopic (exact) mass is 243 g/mol. The molecule has 0 unspecified atom stereocenters. The summed E-state index contributed by atoms with van der Waals surface area (Å²) < 4.78 is 4.44. The third kappa shape index (κ3) is 3.16. The summed E-state index contributed by atoms with van der Waals surface area (Å²) in [6.45, 7) is -0.149. The van der Waals surface area contributed by atoms with Gasteiger partial charge in [-0.15, -0.1) is 0 Å². The van der Waals surface area contributed by atoms with E-state index < -0.39 is 11.9 Å². The van der Waals surface area contributed by atoms with Crippen molar-refractivity contribution in [2.24, 2.45) is 0 Å². The number of methoxy groups -OCH3 is 1. The van der Waals surface area contributed by atoms with Crippen LogP contribution < -0.4 is 0 Å². The highest BCUT2D eigenvalue weighted by Crippen LogP contribution is 2.04. The minimum Gasteiger partial charge on any atom is -0.468 e. The van der Waals surface area contributed by atoms with Crippen molar-refractivity contribution in [2.75, 3.05) is 20.7 Å². The number of rotatable bonds is 3. The predicted molar refractivity (Wildman–Crippen MR) is 56.0 cm³/mol. The smallest absolute Gasteiger partial charge is 0.325 e. The largest absolute Gasteiger partial charge is 0.468 e. The summed E-state index contributed by atoms with van der Waals surface area (Å²) in [5, 5.41) is 0.123. The summed E-state index contributed by atoms with van der Waals surface area (Å²) in [4.78, 5) is 31.3. The van der Waals surface area contributed by atoms with E-state index in [-0.39, 0.29) is 17.4 Å². The second kappa shape index (κ2) is 5.41. The molecule has 0 fully saturated rings. The van der Waals surface area contributed by atoms with Crippen LogP contribution in [-0.2, 0) is 9.53 Å². The van der Waals surface area contributed by atoms with E-state index in [1.54, 1.807) is 0 Å². The topological polar surface area (TPSA) is 72.4 Å². The number of hydrogen-bond donors (Lipinski definition) is 0. The molecule has 6 nitrogen and oxygen atoms in total. The maximum atomic E-state index is 11.7. The second-order valence-corrected chi connectivity index (χ2v) is 3.35. The van der Waals surface area contributed by atoms with E-state index in [4.69, 9.17) is 11.6 Å². The van der Waals surface area contributed by atoms with Gasteiger partial charge in [-0.05, 0) is 0 Å². The van der Waals surface area contributed by atoms with E-state index in [0.29, 0.717) is 0 Å². The summed E-state index contributed by atoms with van der Waals surface area (Å²) in [7, 11) is 2.71. The number of carbonyl (C=O) groups excluding carboxylic acids is 2. The summed E-state index contributed by atoms with van der Waals surface area (Å²) >= 11 is 5.59. The molecule has 7 heteroatoms. The number of hydrogen-bond acceptors (Lipinski definition) is 5. The third-order valence-corrected chi connectivity index (χ3v) is 1.95. The van der Waals surface area contributed by atoms with Crippen LogP contribution in [0.5, 0.6) is 0 Å². The van der Waals surface area contributed by atoms with Gasteiger partial charge in [0.2, 0.25) is 0 Å². The zero-order valence-electron chi connectivity index (χ0n) is 8.81. The molecular weight excluding hydrogens is 234 g/mol. The van der Waals surface area contributed by atoms with Crippen molar-refractivity contribution < 1.29 is 14.3 Å². The number of esters is 1. The maximum Gasteiger partial charge on any atom is 0.325 e. The van der Waals surface area contributed by atoms with Crippen LogP contribution in [0.3, 0.4) is 0 Å². The van der Waals surface area contributed by atoms with Gasteiger partial charge in [0.05, 0.1) is 19.5 Å². The van der Waals surface area contributed by atoms with Gasteiger partial charge in [-0.3, -0.25) is 14.6 Å². The first-order valence-electron chi connectivity index (χ1n) is 4.34. The molecule has 16 heavy (non-hydrogen) atoms. The lowest BCUT2D eigenvalue weighted by atomic mass is 10.4. The number of likely N-dealkylation sites (N-methyl/N-ethyl adjacent to an activating group) is 1. The molecule has 1 heterocycles. The fraction of sp³-hybridized carbons (Fsp3) is 0.333. The fourth-order valence-corrected chi connectivity index (χ4v) is 1.12. The molecule has 0 saturated carbocycles. The first-order chi connectivity index (χ1) is 7.54. The number of halogens is 1. The van der Waals surface area contributed by atoms with E-state index >= 15 is 0 Å². The molecule has 1 aromatic heterocycles. The van der Waals surface area contributed by atoms with Crippen molar-refractivity contribution >= 4 is 23.5 Å². The Morgan fingerprint density at radius 2 is 2.19 bits per heavy atom. The first kappa shape index (κ1) is 12.4. The summed E-state index contributed by atoms with van der Waals surface area (Å²) in [6.07, 6.45) is 2.60. The Bertz CT molecular complexity index is 411. The fourth-order valence-electron chi connectivity index (χ4n) is 0.971. The Morgan fingerprint density at radius 3 is 2.75 bits per heavy atom. The van der Waals surface area contributed by atoms with Crippen molar-refractivity contribution in [3.05, 3.63) is 23.2 Å². The Balaban J connectivity index is 2.74. The van der Waals surface area contributed by atoms with E-state index in [0.717, 1.165) is 0 Å². The van der Waals surface area contributed by atoms with Crippen LogP contribution in [0.2, 0.25) is 5.15 Å². The normalized spacial score (nSPS) is 9.69. The highest BCUT2D eigenvalue weighted by molar-refractivity contribution is 6.29. The van der Waals surface area contributed by atoms with Gasteiger partial charge in [-0.25, -0.2) is 4.98 Å². The van der Waals surface area contributed by atoms with Crippen molar-refractivity contribution in [2.45, 2.75) is 0 Å². The SMILES string of the molecule is COC(=O)CN(C)C(=O)c1cncc(Cl)n1. The number of amides is 1. The molecule has 0 atom stereocenters. The van der Waals surface area contributed by atoms with Crippen LogP contribution >= 0.6 is 11.6 Å². The lowest BCUT2D eigenvalue weighted by Gasteiger charge is -2.14. The van der Waals surface area contributed by atoms with E-state index in [2.05, 4.69) is 14.7 Å². The highest BCUT2D eigenvalue weighted by Gasteiger charge is 2.16. The molecule has 0 aliphatic rings. The highest BCUT2D eigenvalue weighted by atomic mass is 35.5. The summed E-state index contributed by atoms with van der Waals surface area (Å²) in [6, 6.07) is 0. The molecule has 0 aliphatic carbocycles. The van der Waals surface area contributed by atoms with Crippen LogP contribution in [-0.4, -0.2) is 47.4 Å². The lowest BCUT2D eigenvalue weighted by Crippen LogP contribution is -2.33. The van der Waals surface area contributed by atoms with Gasteiger partial charge in [0.1, 0.15) is 17.4 Å². The maximum absolute atomic E-state index is 11.7. The van der Waals surface area contributed by atoms with E-state index in [1.165, 1.54) is 31.5 Å². The zero-order chi connectivity index (χ0) is 12.1. The van der Waals surface area contributed by atoms with E-state index in [9.17, 15) is 9.59 Å². The molecule has 0 spiro atoms. The molecule has 0 aliphatic heterocycles. The second-order valence-electron chi connectivity index (χ2n) is 2.96. The molecule has 0 saturated heterocycles. The molecule has 86 valence electrons. The van der Waals surface area contributed by atoms with Crippen molar-refractivity contribution in [3.63, 3.8) is 0 Å². The van der Waals surface area contributed by atoms with Gasteiger partial charge in [0.15, 0.2) is 0 Å². The van der Waals surface area contributed by atoms with Gasteiger partial charge in [-0.1, -0.05) is 11.6 Å². The van der Waals surface area contributed by atoms with Gasteiger partial charge in [0.25, 0.3) is 5.91 Å². The number of carbonyl (C=O) groups is 2. The Morgan fingerprint density at radius 1 is 1.50 bits per heavy atom. The van der Waals surface area contributed by atoms with Gasteiger partial charge in [-0.2, -0.15) is 0 Å². The van der Waals surface area contributed by atoms with Crippen molar-refractivity contribution in [1.82, 2.24) is 14.9 Å². The van der Waals surface area contributed by atoms with Crippen molar-refractivity contribution in [1.29, 1.82) is 0 Å². The summed E-state index contributed by atoms with van der Waals surface area (Å²) in [5.74, 6) is -0.953. The Hall–Kier alpha value is -1.69. The lowest BCUT2D eigenvalue weighted by molar-refractivity contribution is -0.141. The molecule has 1 aromatic rings. The van der Waals surface area contributed by atoms with Crippen LogP contribution in [0.4, 0.5) is 0 Å². The third-order valence-electron chi connectivity index (χ3n) is 1.76. The molecule has 0 N–H and O–H groups in total.